The molecule has 0 saturated carbocycles. The summed E-state index contributed by atoms with van der Waals surface area (Å²) in [6.45, 7) is 13.9. The minimum absolute atomic E-state index is 0.796. The Hall–Kier alpha value is -1.38. The van der Waals surface area contributed by atoms with Crippen molar-refractivity contribution in [3.05, 3.63) is 53.6 Å². The van der Waals surface area contributed by atoms with Crippen LogP contribution in [0, 0.1) is 5.92 Å². The van der Waals surface area contributed by atoms with E-state index in [9.17, 15) is 0 Å². The Kier molecular flexibility index (Phi) is 8.27. The monoisotopic (exact) mass is 326 g/mol. The van der Waals surface area contributed by atoms with Gasteiger partial charge in [-0.05, 0) is 38.2 Å². The van der Waals surface area contributed by atoms with Crippen molar-refractivity contribution in [1.29, 1.82) is 0 Å². The van der Waals surface area contributed by atoms with Gasteiger partial charge in [0.15, 0.2) is 0 Å². The second kappa shape index (κ2) is 10.5. The molecule has 2 heteroatoms. The van der Waals surface area contributed by atoms with Gasteiger partial charge in [0, 0.05) is 39.3 Å². The summed E-state index contributed by atoms with van der Waals surface area (Å²) in [5.74, 6) is 0.796. The van der Waals surface area contributed by atoms with Crippen LogP contribution in [0.15, 0.2) is 48.1 Å². The van der Waals surface area contributed by atoms with Crippen LogP contribution in [0.1, 0.15) is 39.2 Å². The van der Waals surface area contributed by atoms with Gasteiger partial charge in [-0.2, -0.15) is 0 Å². The molecule has 1 aliphatic rings. The van der Waals surface area contributed by atoms with Crippen molar-refractivity contribution in [1.82, 2.24) is 9.80 Å². The lowest BCUT2D eigenvalue weighted by Crippen LogP contribution is -2.47. The third kappa shape index (κ3) is 7.46. The summed E-state index contributed by atoms with van der Waals surface area (Å²) in [5, 5.41) is 0. The molecule has 1 heterocycles. The molecule has 1 aromatic rings. The Morgan fingerprint density at radius 3 is 2.38 bits per heavy atom. The van der Waals surface area contributed by atoms with Crippen molar-refractivity contribution in [2.24, 2.45) is 5.92 Å². The Bertz CT molecular complexity index is 506. The van der Waals surface area contributed by atoms with Crippen molar-refractivity contribution in [2.75, 3.05) is 39.3 Å². The van der Waals surface area contributed by atoms with Crippen LogP contribution in [0.2, 0.25) is 0 Å². The molecule has 0 N–H and O–H groups in total. The first-order valence-corrected chi connectivity index (χ1v) is 9.43. The summed E-state index contributed by atoms with van der Waals surface area (Å²) in [4.78, 5) is 5.20. The molecule has 1 atom stereocenters. The molecule has 24 heavy (non-hydrogen) atoms. The van der Waals surface area contributed by atoms with Crippen LogP contribution in [-0.2, 0) is 0 Å². The van der Waals surface area contributed by atoms with Crippen molar-refractivity contribution in [3.8, 4) is 0 Å². The van der Waals surface area contributed by atoms with Crippen molar-refractivity contribution in [2.45, 2.75) is 33.6 Å². The fourth-order valence-electron chi connectivity index (χ4n) is 3.25. The fourth-order valence-corrected chi connectivity index (χ4v) is 3.25. The zero-order chi connectivity index (χ0) is 17.2. The van der Waals surface area contributed by atoms with Gasteiger partial charge in [0.2, 0.25) is 0 Å². The first-order valence-electron chi connectivity index (χ1n) is 9.43. The highest BCUT2D eigenvalue weighted by molar-refractivity contribution is 5.48. The van der Waals surface area contributed by atoms with E-state index < -0.39 is 0 Å². The lowest BCUT2D eigenvalue weighted by atomic mass is 10.0. The number of allylic oxidation sites excluding steroid dienone is 2. The number of rotatable bonds is 8. The summed E-state index contributed by atoms with van der Waals surface area (Å²) < 4.78 is 0. The largest absolute Gasteiger partial charge is 0.301 e. The fraction of sp³-hybridized carbons (Fsp3) is 0.545. The first-order chi connectivity index (χ1) is 11.6. The predicted molar refractivity (Wildman–Crippen MR) is 106 cm³/mol. The van der Waals surface area contributed by atoms with Crippen LogP contribution in [0.3, 0.4) is 0 Å². The second-order valence-corrected chi connectivity index (χ2v) is 7.38. The van der Waals surface area contributed by atoms with E-state index in [-0.39, 0.29) is 0 Å². The van der Waals surface area contributed by atoms with Gasteiger partial charge in [0.1, 0.15) is 0 Å². The molecule has 0 spiro atoms. The van der Waals surface area contributed by atoms with Gasteiger partial charge in [-0.15, -0.1) is 0 Å². The van der Waals surface area contributed by atoms with Crippen LogP contribution in [0.5, 0.6) is 0 Å². The molecule has 0 aliphatic carbocycles. The number of hydrogen-bond donors (Lipinski definition) is 0. The summed E-state index contributed by atoms with van der Waals surface area (Å²) in [7, 11) is 0. The number of nitrogens with zero attached hydrogens (tertiary/aromatic N) is 2. The quantitative estimate of drug-likeness (QED) is 0.639. The van der Waals surface area contributed by atoms with Crippen molar-refractivity contribution >= 4 is 6.08 Å². The van der Waals surface area contributed by atoms with E-state index in [1.807, 2.05) is 0 Å². The molecule has 2 rings (SSSR count). The molecule has 0 amide bonds. The molecule has 1 fully saturated rings. The summed E-state index contributed by atoms with van der Waals surface area (Å²) >= 11 is 0. The summed E-state index contributed by atoms with van der Waals surface area (Å²) in [6, 6.07) is 10.6. The van der Waals surface area contributed by atoms with Crippen LogP contribution in [0.25, 0.3) is 6.08 Å². The minimum Gasteiger partial charge on any atom is -0.301 e. The van der Waals surface area contributed by atoms with E-state index in [0.29, 0.717) is 0 Å². The Morgan fingerprint density at radius 2 is 1.71 bits per heavy atom. The third-order valence-electron chi connectivity index (χ3n) is 4.72. The smallest absolute Gasteiger partial charge is 0.0167 e. The van der Waals surface area contributed by atoms with Gasteiger partial charge in [-0.1, -0.05) is 61.1 Å². The average Bonchev–Trinajstić information content (AvgIpc) is 2.57. The first kappa shape index (κ1) is 19.0. The molecule has 1 aliphatic heterocycles. The molecule has 1 saturated heterocycles. The highest BCUT2D eigenvalue weighted by atomic mass is 15.3. The molecule has 1 aromatic carbocycles. The molecular weight excluding hydrogens is 292 g/mol. The molecule has 0 radical (unpaired) electrons. The van der Waals surface area contributed by atoms with Crippen molar-refractivity contribution < 1.29 is 0 Å². The Labute approximate surface area is 148 Å². The van der Waals surface area contributed by atoms with E-state index >= 15 is 0 Å². The maximum atomic E-state index is 2.64. The SMILES string of the molecule is CC(C)=CCCC(C)CN1CCN(CC=Cc2ccccc2)CC1. The molecule has 0 aromatic heterocycles. The normalized spacial score (nSPS) is 18.0. The zero-order valence-corrected chi connectivity index (χ0v) is 15.7. The van der Waals surface area contributed by atoms with Gasteiger partial charge in [-0.25, -0.2) is 0 Å². The maximum absolute atomic E-state index is 2.64. The molecular formula is C22H34N2. The predicted octanol–water partition coefficient (Wildman–Crippen LogP) is 4.70. The molecule has 1 unspecified atom stereocenters. The average molecular weight is 327 g/mol. The number of hydrogen-bond acceptors (Lipinski definition) is 2. The van der Waals surface area contributed by atoms with Crippen LogP contribution in [0.4, 0.5) is 0 Å². The topological polar surface area (TPSA) is 6.48 Å². The summed E-state index contributed by atoms with van der Waals surface area (Å²) in [6.07, 6.45) is 9.44. The molecule has 0 bridgehead atoms. The highest BCUT2D eigenvalue weighted by Gasteiger charge is 2.17. The number of piperazine rings is 1. The lowest BCUT2D eigenvalue weighted by Gasteiger charge is -2.35. The van der Waals surface area contributed by atoms with Crippen LogP contribution < -0.4 is 0 Å². The molecule has 132 valence electrons. The minimum atomic E-state index is 0.796. The molecule has 2 nitrogen and oxygen atoms in total. The standard InChI is InChI=1S/C22H34N2/c1-20(2)9-7-10-21(3)19-24-17-15-23(16-18-24)14-8-13-22-11-5-4-6-12-22/h4-6,8-9,11-13,21H,7,10,14-19H2,1-3H3. The van der Waals surface area contributed by atoms with Gasteiger partial charge >= 0.3 is 0 Å². The van der Waals surface area contributed by atoms with E-state index in [4.69, 9.17) is 0 Å². The lowest BCUT2D eigenvalue weighted by molar-refractivity contribution is 0.127. The number of benzene rings is 1. The van der Waals surface area contributed by atoms with E-state index in [0.717, 1.165) is 12.5 Å². The Morgan fingerprint density at radius 1 is 1.04 bits per heavy atom. The van der Waals surface area contributed by atoms with E-state index in [1.165, 1.54) is 56.7 Å². The zero-order valence-electron chi connectivity index (χ0n) is 15.7. The third-order valence-corrected chi connectivity index (χ3v) is 4.72. The Balaban J connectivity index is 1.62. The van der Waals surface area contributed by atoms with Crippen molar-refractivity contribution in [3.63, 3.8) is 0 Å². The van der Waals surface area contributed by atoms with Crippen LogP contribution in [-0.4, -0.2) is 49.1 Å². The van der Waals surface area contributed by atoms with Gasteiger partial charge in [0.05, 0.1) is 0 Å². The van der Waals surface area contributed by atoms with Gasteiger partial charge in [0.25, 0.3) is 0 Å². The second-order valence-electron chi connectivity index (χ2n) is 7.38. The van der Waals surface area contributed by atoms with E-state index in [2.05, 4.69) is 79.1 Å². The van der Waals surface area contributed by atoms with Crippen LogP contribution >= 0.6 is 0 Å². The van der Waals surface area contributed by atoms with Gasteiger partial charge < -0.3 is 4.90 Å². The summed E-state index contributed by atoms with van der Waals surface area (Å²) in [5.41, 5.74) is 2.74. The van der Waals surface area contributed by atoms with E-state index in [1.54, 1.807) is 0 Å². The van der Waals surface area contributed by atoms with Gasteiger partial charge in [-0.3, -0.25) is 4.90 Å². The highest BCUT2D eigenvalue weighted by Crippen LogP contribution is 2.12. The maximum Gasteiger partial charge on any atom is 0.0167 e.